The highest BCUT2D eigenvalue weighted by molar-refractivity contribution is 7.90. The molecule has 0 aliphatic carbocycles. The van der Waals surface area contributed by atoms with Gasteiger partial charge >= 0.3 is 0 Å². The van der Waals surface area contributed by atoms with Crippen LogP contribution >= 0.6 is 0 Å². The molecule has 0 bridgehead atoms. The number of nitrogens with one attached hydrogen (secondary N) is 1. The second kappa shape index (κ2) is 7.37. The van der Waals surface area contributed by atoms with Crippen molar-refractivity contribution in [3.63, 3.8) is 0 Å². The van der Waals surface area contributed by atoms with E-state index in [1.54, 1.807) is 22.9 Å². The number of fused-ring (bicyclic) bond motifs is 1. The molecule has 29 heavy (non-hydrogen) atoms. The van der Waals surface area contributed by atoms with Gasteiger partial charge < -0.3 is 10.6 Å². The van der Waals surface area contributed by atoms with Crippen molar-refractivity contribution in [1.82, 2.24) is 29.1 Å². The molecule has 1 fully saturated rings. The van der Waals surface area contributed by atoms with E-state index in [1.807, 2.05) is 4.90 Å². The van der Waals surface area contributed by atoms with Crippen molar-refractivity contribution in [1.29, 1.82) is 0 Å². The number of nitrogens with two attached hydrogens (primary N) is 1. The molecule has 1 amide bonds. The number of imidazole rings is 1. The Morgan fingerprint density at radius 3 is 2.66 bits per heavy atom. The predicted molar refractivity (Wildman–Crippen MR) is 106 cm³/mol. The summed E-state index contributed by atoms with van der Waals surface area (Å²) in [7, 11) is -1.83. The van der Waals surface area contributed by atoms with Crippen LogP contribution in [0, 0.1) is 0 Å². The molecule has 11 nitrogen and oxygen atoms in total. The first-order valence-corrected chi connectivity index (χ1v) is 10.6. The van der Waals surface area contributed by atoms with E-state index in [0.717, 1.165) is 0 Å². The number of hydrogen-bond acceptors (Lipinski definition) is 8. The average molecular weight is 416 g/mol. The molecule has 1 aliphatic heterocycles. The van der Waals surface area contributed by atoms with Gasteiger partial charge in [0.05, 0.1) is 17.6 Å². The molecule has 0 saturated carbocycles. The van der Waals surface area contributed by atoms with Crippen LogP contribution in [0.5, 0.6) is 0 Å². The molecule has 0 unspecified atom stereocenters. The third-order valence-electron chi connectivity index (χ3n) is 5.01. The Kier molecular flexibility index (Phi) is 4.88. The average Bonchev–Trinajstić information content (AvgIpc) is 3.17. The molecule has 4 heterocycles. The van der Waals surface area contributed by atoms with Crippen molar-refractivity contribution in [2.75, 3.05) is 25.0 Å². The molecule has 12 heteroatoms. The molecule has 3 N–H and O–H groups in total. The zero-order valence-corrected chi connectivity index (χ0v) is 16.5. The molecule has 152 valence electrons. The summed E-state index contributed by atoms with van der Waals surface area (Å²) in [6, 6.07) is 1.79. The van der Waals surface area contributed by atoms with E-state index in [0.29, 0.717) is 48.9 Å². The Morgan fingerprint density at radius 2 is 1.97 bits per heavy atom. The Hall–Kier alpha value is -3.12. The summed E-state index contributed by atoms with van der Waals surface area (Å²) in [6.45, 7) is 1.15. The Balaban J connectivity index is 1.61. The SMILES string of the molecule is CNS(=O)(=O)C1CCN(c2ccnc(-c3cnc4cnc(C(N)=O)cn34)n2)CC1. The van der Waals surface area contributed by atoms with Gasteiger partial charge in [0.2, 0.25) is 10.0 Å². The zero-order chi connectivity index (χ0) is 20.6. The van der Waals surface area contributed by atoms with Crippen molar-refractivity contribution in [2.45, 2.75) is 18.1 Å². The molecule has 0 spiro atoms. The van der Waals surface area contributed by atoms with Crippen LogP contribution in [-0.4, -0.2) is 64.0 Å². The molecule has 0 aromatic carbocycles. The number of amides is 1. The molecule has 3 aromatic rings. The van der Waals surface area contributed by atoms with Crippen molar-refractivity contribution >= 4 is 27.4 Å². The number of sulfonamides is 1. The maximum Gasteiger partial charge on any atom is 0.268 e. The summed E-state index contributed by atoms with van der Waals surface area (Å²) in [4.78, 5) is 30.7. The first kappa shape index (κ1) is 19.2. The first-order valence-electron chi connectivity index (χ1n) is 9.02. The largest absolute Gasteiger partial charge is 0.364 e. The van der Waals surface area contributed by atoms with Crippen LogP contribution in [0.25, 0.3) is 17.2 Å². The van der Waals surface area contributed by atoms with Crippen LogP contribution in [0.3, 0.4) is 0 Å². The van der Waals surface area contributed by atoms with E-state index in [1.165, 1.54) is 19.4 Å². The van der Waals surface area contributed by atoms with Gasteiger partial charge in [-0.1, -0.05) is 0 Å². The predicted octanol–water partition coefficient (Wildman–Crippen LogP) is -0.197. The number of carbonyl (C=O) groups is 1. The normalized spacial score (nSPS) is 15.7. The van der Waals surface area contributed by atoms with Crippen LogP contribution in [0.1, 0.15) is 23.3 Å². The number of carbonyl (C=O) groups excluding carboxylic acids is 1. The second-order valence-electron chi connectivity index (χ2n) is 6.68. The highest BCUT2D eigenvalue weighted by atomic mass is 32.2. The molecule has 1 aliphatic rings. The fourth-order valence-corrected chi connectivity index (χ4v) is 4.56. The lowest BCUT2D eigenvalue weighted by Crippen LogP contribution is -2.43. The number of nitrogens with zero attached hydrogens (tertiary/aromatic N) is 6. The van der Waals surface area contributed by atoms with Crippen LogP contribution in [0.4, 0.5) is 5.82 Å². The molecule has 0 atom stereocenters. The van der Waals surface area contributed by atoms with E-state index >= 15 is 0 Å². The van der Waals surface area contributed by atoms with E-state index in [4.69, 9.17) is 5.73 Å². The summed E-state index contributed by atoms with van der Waals surface area (Å²) < 4.78 is 28.1. The first-order chi connectivity index (χ1) is 13.9. The Morgan fingerprint density at radius 1 is 1.21 bits per heavy atom. The maximum atomic E-state index is 12.0. The van der Waals surface area contributed by atoms with E-state index in [2.05, 4.69) is 24.7 Å². The smallest absolute Gasteiger partial charge is 0.268 e. The van der Waals surface area contributed by atoms with Gasteiger partial charge in [-0.05, 0) is 26.0 Å². The number of anilines is 1. The van der Waals surface area contributed by atoms with Gasteiger partial charge in [0, 0.05) is 25.5 Å². The minimum atomic E-state index is -3.27. The van der Waals surface area contributed by atoms with Crippen LogP contribution in [-0.2, 0) is 10.0 Å². The zero-order valence-electron chi connectivity index (χ0n) is 15.7. The quantitative estimate of drug-likeness (QED) is 0.581. The van der Waals surface area contributed by atoms with Gasteiger partial charge in [0.1, 0.15) is 17.2 Å². The fraction of sp³-hybridized carbons (Fsp3) is 0.353. The maximum absolute atomic E-state index is 12.0. The van der Waals surface area contributed by atoms with Gasteiger partial charge in [-0.2, -0.15) is 0 Å². The number of primary amides is 1. The lowest BCUT2D eigenvalue weighted by molar-refractivity contribution is 0.0995. The van der Waals surface area contributed by atoms with E-state index in [9.17, 15) is 13.2 Å². The standard InChI is InChI=1S/C17H20N8O3S/c1-19-29(27,28)11-3-6-24(7-4-11)14-2-5-20-17(23-14)13-8-22-15-9-21-12(16(18)26)10-25(13)15/h2,5,8-11,19H,3-4,6-7H2,1H3,(H2,18,26). The van der Waals surface area contributed by atoms with E-state index < -0.39 is 21.2 Å². The molecule has 1 saturated heterocycles. The highest BCUT2D eigenvalue weighted by Crippen LogP contribution is 2.24. The fourth-order valence-electron chi connectivity index (χ4n) is 3.39. The summed E-state index contributed by atoms with van der Waals surface area (Å²) >= 11 is 0. The topological polar surface area (TPSA) is 148 Å². The Labute approximate surface area is 167 Å². The molecular formula is C17H20N8O3S. The van der Waals surface area contributed by atoms with Crippen molar-refractivity contribution in [3.8, 4) is 11.5 Å². The van der Waals surface area contributed by atoms with Gasteiger partial charge in [0.25, 0.3) is 5.91 Å². The number of piperidine rings is 1. The van der Waals surface area contributed by atoms with Crippen molar-refractivity contribution in [3.05, 3.63) is 36.5 Å². The molecular weight excluding hydrogens is 396 g/mol. The highest BCUT2D eigenvalue weighted by Gasteiger charge is 2.29. The minimum absolute atomic E-state index is 0.112. The van der Waals surface area contributed by atoms with Crippen LogP contribution in [0.2, 0.25) is 0 Å². The van der Waals surface area contributed by atoms with Crippen LogP contribution in [0.15, 0.2) is 30.9 Å². The minimum Gasteiger partial charge on any atom is -0.364 e. The van der Waals surface area contributed by atoms with Gasteiger partial charge in [-0.15, -0.1) is 0 Å². The summed E-state index contributed by atoms with van der Waals surface area (Å²) in [6.07, 6.45) is 7.25. The van der Waals surface area contributed by atoms with Gasteiger partial charge in [0.15, 0.2) is 11.5 Å². The van der Waals surface area contributed by atoms with Gasteiger partial charge in [-0.3, -0.25) is 9.20 Å². The van der Waals surface area contributed by atoms with E-state index in [-0.39, 0.29) is 5.69 Å². The van der Waals surface area contributed by atoms with Crippen LogP contribution < -0.4 is 15.4 Å². The van der Waals surface area contributed by atoms with Crippen molar-refractivity contribution < 1.29 is 13.2 Å². The summed E-state index contributed by atoms with van der Waals surface area (Å²) in [5, 5.41) is -0.399. The third-order valence-corrected chi connectivity index (χ3v) is 6.93. The monoisotopic (exact) mass is 416 g/mol. The van der Waals surface area contributed by atoms with Crippen molar-refractivity contribution in [2.24, 2.45) is 5.73 Å². The Bertz CT molecular complexity index is 1170. The van der Waals surface area contributed by atoms with Gasteiger partial charge in [-0.25, -0.2) is 33.1 Å². The number of rotatable bonds is 5. The molecule has 3 aromatic heterocycles. The molecule has 0 radical (unpaired) electrons. The second-order valence-corrected chi connectivity index (χ2v) is 8.85. The third kappa shape index (κ3) is 3.63. The lowest BCUT2D eigenvalue weighted by atomic mass is 10.1. The summed E-state index contributed by atoms with van der Waals surface area (Å²) in [5.41, 5.74) is 6.56. The lowest BCUT2D eigenvalue weighted by Gasteiger charge is -2.32. The summed E-state index contributed by atoms with van der Waals surface area (Å²) in [5.74, 6) is 0.497. The molecule has 4 rings (SSSR count). The number of hydrogen-bond donors (Lipinski definition) is 2. The number of aromatic nitrogens is 5.